The molecule has 0 atom stereocenters. The van der Waals surface area contributed by atoms with Gasteiger partial charge in [0.05, 0.1) is 15.6 Å². The highest BCUT2D eigenvalue weighted by Crippen LogP contribution is 2.20. The molecule has 6 nitrogen and oxygen atoms in total. The fourth-order valence-electron chi connectivity index (χ4n) is 1.71. The molecule has 0 heterocycles. The summed E-state index contributed by atoms with van der Waals surface area (Å²) in [7, 11) is -3.71. The van der Waals surface area contributed by atoms with Crippen molar-refractivity contribution in [1.82, 2.24) is 5.32 Å². The summed E-state index contributed by atoms with van der Waals surface area (Å²) < 4.78 is 22.3. The summed E-state index contributed by atoms with van der Waals surface area (Å²) in [6.07, 6.45) is 0. The molecule has 0 bridgehead atoms. The first-order valence-corrected chi connectivity index (χ1v) is 8.20. The maximum Gasteiger partial charge on any atom is 0.319 e. The van der Waals surface area contributed by atoms with Gasteiger partial charge in [0, 0.05) is 6.54 Å². The Hall–Kier alpha value is -2.09. The van der Waals surface area contributed by atoms with Crippen LogP contribution in [-0.4, -0.2) is 14.4 Å². The van der Waals surface area contributed by atoms with Crippen LogP contribution in [0.2, 0.25) is 5.02 Å². The molecule has 0 aliphatic rings. The van der Waals surface area contributed by atoms with Gasteiger partial charge in [0.2, 0.25) is 10.0 Å². The van der Waals surface area contributed by atoms with Gasteiger partial charge in [-0.3, -0.25) is 0 Å². The number of sulfonamides is 1. The van der Waals surface area contributed by atoms with Gasteiger partial charge < -0.3 is 10.6 Å². The van der Waals surface area contributed by atoms with Crippen LogP contribution in [0.3, 0.4) is 0 Å². The maximum absolute atomic E-state index is 11.8. The zero-order valence-corrected chi connectivity index (χ0v) is 13.0. The summed E-state index contributed by atoms with van der Waals surface area (Å²) in [6, 6.07) is 12.4. The zero-order chi connectivity index (χ0) is 16.2. The third-order valence-electron chi connectivity index (χ3n) is 2.83. The highest BCUT2D eigenvalue weighted by atomic mass is 35.5. The highest BCUT2D eigenvalue weighted by Gasteiger charge is 2.08. The SMILES string of the molecule is NS(=O)(=O)c1ccc(CNC(=O)Nc2ccccc2Cl)cc1. The second kappa shape index (κ2) is 6.78. The van der Waals surface area contributed by atoms with Gasteiger partial charge in [0.1, 0.15) is 0 Å². The van der Waals surface area contributed by atoms with Crippen LogP contribution in [0, 0.1) is 0 Å². The summed E-state index contributed by atoms with van der Waals surface area (Å²) in [5, 5.41) is 10.7. The van der Waals surface area contributed by atoms with Crippen LogP contribution in [0.15, 0.2) is 53.4 Å². The number of carbonyl (C=O) groups excluding carboxylic acids is 1. The van der Waals surface area contributed by atoms with Gasteiger partial charge >= 0.3 is 6.03 Å². The Labute approximate surface area is 133 Å². The number of carbonyl (C=O) groups is 1. The molecule has 2 aromatic rings. The van der Waals surface area contributed by atoms with E-state index in [4.69, 9.17) is 16.7 Å². The molecule has 0 saturated carbocycles. The second-order valence-electron chi connectivity index (χ2n) is 4.48. The molecule has 2 rings (SSSR count). The van der Waals surface area contributed by atoms with Crippen LogP contribution >= 0.6 is 11.6 Å². The van der Waals surface area contributed by atoms with Gasteiger partial charge in [0.15, 0.2) is 0 Å². The van der Waals surface area contributed by atoms with Crippen LogP contribution in [-0.2, 0) is 16.6 Å². The predicted molar refractivity (Wildman–Crippen MR) is 85.1 cm³/mol. The van der Waals surface area contributed by atoms with Crippen molar-refractivity contribution in [2.75, 3.05) is 5.32 Å². The van der Waals surface area contributed by atoms with Gasteiger partial charge in [0.25, 0.3) is 0 Å². The first-order valence-electron chi connectivity index (χ1n) is 6.27. The molecule has 2 amide bonds. The average Bonchev–Trinajstić information content (AvgIpc) is 2.47. The Bertz CT molecular complexity index is 776. The van der Waals surface area contributed by atoms with E-state index in [0.29, 0.717) is 10.7 Å². The molecule has 0 radical (unpaired) electrons. The lowest BCUT2D eigenvalue weighted by molar-refractivity contribution is 0.251. The number of amides is 2. The molecule has 2 aromatic carbocycles. The molecule has 0 fully saturated rings. The van der Waals surface area contributed by atoms with Crippen LogP contribution in [0.5, 0.6) is 0 Å². The molecule has 22 heavy (non-hydrogen) atoms. The summed E-state index contributed by atoms with van der Waals surface area (Å²) in [5.41, 5.74) is 1.24. The number of hydrogen-bond acceptors (Lipinski definition) is 3. The van der Waals surface area contributed by atoms with E-state index in [9.17, 15) is 13.2 Å². The third kappa shape index (κ3) is 4.45. The largest absolute Gasteiger partial charge is 0.334 e. The number of halogens is 1. The zero-order valence-electron chi connectivity index (χ0n) is 11.4. The second-order valence-corrected chi connectivity index (χ2v) is 6.45. The van der Waals surface area contributed by atoms with E-state index < -0.39 is 16.1 Å². The first kappa shape index (κ1) is 16.3. The summed E-state index contributed by atoms with van der Waals surface area (Å²) in [4.78, 5) is 11.8. The minimum Gasteiger partial charge on any atom is -0.334 e. The van der Waals surface area contributed by atoms with Crippen molar-refractivity contribution < 1.29 is 13.2 Å². The number of urea groups is 1. The fraction of sp³-hybridized carbons (Fsp3) is 0.0714. The molecule has 116 valence electrons. The summed E-state index contributed by atoms with van der Waals surface area (Å²) in [5.74, 6) is 0. The number of nitrogens with one attached hydrogen (secondary N) is 2. The van der Waals surface area contributed by atoms with Crippen LogP contribution < -0.4 is 15.8 Å². The number of benzene rings is 2. The van der Waals surface area contributed by atoms with E-state index in [2.05, 4.69) is 10.6 Å². The van der Waals surface area contributed by atoms with E-state index in [1.165, 1.54) is 12.1 Å². The topological polar surface area (TPSA) is 101 Å². The lowest BCUT2D eigenvalue weighted by Crippen LogP contribution is -2.28. The molecule has 4 N–H and O–H groups in total. The molecule has 0 aliphatic carbocycles. The van der Waals surface area contributed by atoms with Gasteiger partial charge in [-0.25, -0.2) is 18.4 Å². The minimum absolute atomic E-state index is 0.0248. The van der Waals surface area contributed by atoms with Crippen LogP contribution in [0.25, 0.3) is 0 Å². The van der Waals surface area contributed by atoms with E-state index in [1.807, 2.05) is 0 Å². The molecular formula is C14H14ClN3O3S. The minimum atomic E-state index is -3.71. The van der Waals surface area contributed by atoms with Gasteiger partial charge in [-0.15, -0.1) is 0 Å². The highest BCUT2D eigenvalue weighted by molar-refractivity contribution is 7.89. The molecule has 0 aliphatic heterocycles. The van der Waals surface area contributed by atoms with Crippen molar-refractivity contribution in [2.24, 2.45) is 5.14 Å². The Balaban J connectivity index is 1.93. The van der Waals surface area contributed by atoms with Crippen LogP contribution in [0.1, 0.15) is 5.56 Å². The standard InChI is InChI=1S/C14H14ClN3O3S/c15-12-3-1-2-4-13(12)18-14(19)17-9-10-5-7-11(8-6-10)22(16,20)21/h1-8H,9H2,(H2,16,20,21)(H2,17,18,19). The molecule has 0 unspecified atom stereocenters. The van der Waals surface area contributed by atoms with Crippen LogP contribution in [0.4, 0.5) is 10.5 Å². The maximum atomic E-state index is 11.8. The van der Waals surface area contributed by atoms with Crippen molar-refractivity contribution in [3.63, 3.8) is 0 Å². The van der Waals surface area contributed by atoms with Crippen molar-refractivity contribution >= 4 is 33.3 Å². The monoisotopic (exact) mass is 339 g/mol. The van der Waals surface area contributed by atoms with Crippen molar-refractivity contribution in [1.29, 1.82) is 0 Å². The number of rotatable bonds is 4. The fourth-order valence-corrected chi connectivity index (χ4v) is 2.41. The van der Waals surface area contributed by atoms with E-state index in [-0.39, 0.29) is 11.4 Å². The Morgan fingerprint density at radius 1 is 1.09 bits per heavy atom. The van der Waals surface area contributed by atoms with E-state index in [1.54, 1.807) is 36.4 Å². The number of nitrogens with two attached hydrogens (primary N) is 1. The lowest BCUT2D eigenvalue weighted by Gasteiger charge is -2.09. The molecule has 8 heteroatoms. The average molecular weight is 340 g/mol. The molecule has 0 aromatic heterocycles. The van der Waals surface area contributed by atoms with E-state index >= 15 is 0 Å². The predicted octanol–water partition coefficient (Wildman–Crippen LogP) is 2.31. The van der Waals surface area contributed by atoms with E-state index in [0.717, 1.165) is 5.56 Å². The van der Waals surface area contributed by atoms with Crippen molar-refractivity contribution in [3.05, 3.63) is 59.1 Å². The number of para-hydroxylation sites is 1. The smallest absolute Gasteiger partial charge is 0.319 e. The lowest BCUT2D eigenvalue weighted by atomic mass is 10.2. The molecular weight excluding hydrogens is 326 g/mol. The van der Waals surface area contributed by atoms with Gasteiger partial charge in [-0.2, -0.15) is 0 Å². The molecule has 0 spiro atoms. The Kier molecular flexibility index (Phi) is 5.02. The quantitative estimate of drug-likeness (QED) is 0.796. The number of hydrogen-bond donors (Lipinski definition) is 3. The summed E-state index contributed by atoms with van der Waals surface area (Å²) in [6.45, 7) is 0.237. The third-order valence-corrected chi connectivity index (χ3v) is 4.09. The normalized spacial score (nSPS) is 11.0. The summed E-state index contributed by atoms with van der Waals surface area (Å²) >= 11 is 5.93. The van der Waals surface area contributed by atoms with Crippen molar-refractivity contribution in [3.8, 4) is 0 Å². The number of anilines is 1. The Morgan fingerprint density at radius 2 is 1.73 bits per heavy atom. The first-order chi connectivity index (χ1) is 10.4. The van der Waals surface area contributed by atoms with Gasteiger partial charge in [-0.05, 0) is 29.8 Å². The van der Waals surface area contributed by atoms with Gasteiger partial charge in [-0.1, -0.05) is 35.9 Å². The number of primary sulfonamides is 1. The molecule has 0 saturated heterocycles. The van der Waals surface area contributed by atoms with Crippen molar-refractivity contribution in [2.45, 2.75) is 11.4 Å². The Morgan fingerprint density at radius 3 is 2.32 bits per heavy atom.